The van der Waals surface area contributed by atoms with Gasteiger partial charge in [-0.05, 0) is 27.7 Å². The Morgan fingerprint density at radius 3 is 2.62 bits per heavy atom. The van der Waals surface area contributed by atoms with Crippen LogP contribution in [0.2, 0.25) is 0 Å². The minimum absolute atomic E-state index is 0.205. The van der Waals surface area contributed by atoms with Crippen molar-refractivity contribution >= 4 is 16.9 Å². The van der Waals surface area contributed by atoms with E-state index < -0.39 is 0 Å². The third-order valence-corrected chi connectivity index (χ3v) is 4.25. The van der Waals surface area contributed by atoms with Gasteiger partial charge < -0.3 is 9.30 Å². The average molecular weight is 333 g/mol. The lowest BCUT2D eigenvalue weighted by Gasteiger charge is -2.09. The molecule has 0 saturated heterocycles. The third kappa shape index (κ3) is 2.29. The zero-order chi connectivity index (χ0) is 17.6. The van der Waals surface area contributed by atoms with E-state index in [0.717, 1.165) is 5.69 Å². The number of aryl methyl sites for hydroxylation is 2. The van der Waals surface area contributed by atoms with E-state index in [1.54, 1.807) is 11.4 Å². The SMILES string of the molecule is CCOCCn1c(=O)c2c(nc3n(C(C)C)c(C)cn23)n(C)c1=O. The molecule has 0 spiro atoms. The monoisotopic (exact) mass is 333 g/mol. The first-order valence-electron chi connectivity index (χ1n) is 8.15. The molecule has 3 aromatic heterocycles. The summed E-state index contributed by atoms with van der Waals surface area (Å²) in [6.07, 6.45) is 1.89. The van der Waals surface area contributed by atoms with Gasteiger partial charge in [-0.1, -0.05) is 0 Å². The smallest absolute Gasteiger partial charge is 0.332 e. The molecule has 0 fully saturated rings. The Labute approximate surface area is 138 Å². The van der Waals surface area contributed by atoms with Crippen LogP contribution < -0.4 is 11.2 Å². The van der Waals surface area contributed by atoms with Crippen LogP contribution in [0.3, 0.4) is 0 Å². The Balaban J connectivity index is 2.35. The van der Waals surface area contributed by atoms with Gasteiger partial charge >= 0.3 is 5.69 Å². The molecule has 0 unspecified atom stereocenters. The molecule has 0 saturated carbocycles. The van der Waals surface area contributed by atoms with Crippen molar-refractivity contribution in [2.75, 3.05) is 13.2 Å². The van der Waals surface area contributed by atoms with Crippen LogP contribution in [-0.4, -0.2) is 36.3 Å². The van der Waals surface area contributed by atoms with E-state index in [2.05, 4.69) is 23.4 Å². The number of hydrogen-bond acceptors (Lipinski definition) is 4. The van der Waals surface area contributed by atoms with Crippen molar-refractivity contribution in [1.82, 2.24) is 23.1 Å². The normalized spacial score (nSPS) is 12.1. The van der Waals surface area contributed by atoms with Gasteiger partial charge in [-0.3, -0.25) is 18.3 Å². The molecule has 8 heteroatoms. The standard InChI is InChI=1S/C16H23N5O3/c1-6-24-8-7-19-14(22)12-13(18(5)16(19)23)17-15-20(12)9-11(4)21(15)10(2)3/h9-10H,6-8H2,1-5H3. The molecular weight excluding hydrogens is 310 g/mol. The third-order valence-electron chi connectivity index (χ3n) is 4.25. The number of rotatable bonds is 5. The van der Waals surface area contributed by atoms with Crippen LogP contribution in [-0.2, 0) is 18.3 Å². The van der Waals surface area contributed by atoms with Crippen molar-refractivity contribution in [2.45, 2.75) is 40.3 Å². The Morgan fingerprint density at radius 2 is 2.00 bits per heavy atom. The van der Waals surface area contributed by atoms with Gasteiger partial charge in [0.2, 0.25) is 5.78 Å². The van der Waals surface area contributed by atoms with Crippen molar-refractivity contribution in [3.05, 3.63) is 32.7 Å². The maximum atomic E-state index is 12.9. The highest BCUT2D eigenvalue weighted by Gasteiger charge is 2.20. The number of hydrogen-bond donors (Lipinski definition) is 0. The summed E-state index contributed by atoms with van der Waals surface area (Å²) in [7, 11) is 1.64. The summed E-state index contributed by atoms with van der Waals surface area (Å²) in [5.74, 6) is 0.673. The molecule has 0 radical (unpaired) electrons. The molecule has 3 heterocycles. The fraction of sp³-hybridized carbons (Fsp3) is 0.562. The first-order chi connectivity index (χ1) is 11.4. The van der Waals surface area contributed by atoms with Gasteiger partial charge in [-0.2, -0.15) is 4.98 Å². The first kappa shape index (κ1) is 16.5. The topological polar surface area (TPSA) is 75.5 Å². The average Bonchev–Trinajstić information content (AvgIpc) is 3.02. The number of aromatic nitrogens is 5. The van der Waals surface area contributed by atoms with Gasteiger partial charge in [0, 0.05) is 31.6 Å². The van der Waals surface area contributed by atoms with E-state index in [1.165, 1.54) is 9.13 Å². The zero-order valence-corrected chi connectivity index (χ0v) is 14.7. The molecule has 8 nitrogen and oxygen atoms in total. The van der Waals surface area contributed by atoms with Crippen LogP contribution in [0.5, 0.6) is 0 Å². The number of fused-ring (bicyclic) bond motifs is 3. The lowest BCUT2D eigenvalue weighted by Crippen LogP contribution is -2.40. The second kappa shape index (κ2) is 5.94. The predicted molar refractivity (Wildman–Crippen MR) is 91.8 cm³/mol. The van der Waals surface area contributed by atoms with Gasteiger partial charge in [-0.15, -0.1) is 0 Å². The molecule has 0 aliphatic rings. The van der Waals surface area contributed by atoms with Gasteiger partial charge in [0.25, 0.3) is 5.56 Å². The molecule has 0 aliphatic heterocycles. The summed E-state index contributed by atoms with van der Waals surface area (Å²) < 4.78 is 11.8. The Bertz CT molecular complexity index is 1020. The van der Waals surface area contributed by atoms with E-state index in [0.29, 0.717) is 30.2 Å². The van der Waals surface area contributed by atoms with Gasteiger partial charge in [0.15, 0.2) is 11.2 Å². The van der Waals surface area contributed by atoms with E-state index >= 15 is 0 Å². The quantitative estimate of drug-likeness (QED) is 0.655. The molecule has 0 atom stereocenters. The highest BCUT2D eigenvalue weighted by atomic mass is 16.5. The minimum atomic E-state index is -0.374. The van der Waals surface area contributed by atoms with E-state index in [-0.39, 0.29) is 23.8 Å². The number of nitrogens with zero attached hydrogens (tertiary/aromatic N) is 5. The largest absolute Gasteiger partial charge is 0.380 e. The van der Waals surface area contributed by atoms with Crippen LogP contribution in [0.15, 0.2) is 15.8 Å². The number of imidazole rings is 2. The fourth-order valence-corrected chi connectivity index (χ4v) is 3.16. The summed E-state index contributed by atoms with van der Waals surface area (Å²) >= 11 is 0. The molecule has 0 amide bonds. The maximum Gasteiger partial charge on any atom is 0.332 e. The van der Waals surface area contributed by atoms with Crippen molar-refractivity contribution in [3.63, 3.8) is 0 Å². The number of ether oxygens (including phenoxy) is 1. The molecule has 0 aromatic carbocycles. The van der Waals surface area contributed by atoms with Gasteiger partial charge in [0.1, 0.15) is 0 Å². The minimum Gasteiger partial charge on any atom is -0.380 e. The van der Waals surface area contributed by atoms with Crippen LogP contribution in [0.4, 0.5) is 0 Å². The van der Waals surface area contributed by atoms with Gasteiger partial charge in [0.05, 0.1) is 13.2 Å². The summed E-state index contributed by atoms with van der Waals surface area (Å²) in [6.45, 7) is 9.08. The first-order valence-corrected chi connectivity index (χ1v) is 8.15. The zero-order valence-electron chi connectivity index (χ0n) is 14.7. The van der Waals surface area contributed by atoms with Gasteiger partial charge in [-0.25, -0.2) is 4.79 Å². The predicted octanol–water partition coefficient (Wildman–Crippen LogP) is 1.08. The van der Waals surface area contributed by atoms with Crippen LogP contribution in [0, 0.1) is 6.92 Å². The Hall–Kier alpha value is -2.35. The summed E-state index contributed by atoms with van der Waals surface area (Å²) in [6, 6.07) is 0.205. The second-order valence-corrected chi connectivity index (χ2v) is 6.18. The van der Waals surface area contributed by atoms with Crippen molar-refractivity contribution in [3.8, 4) is 0 Å². The molecule has 3 rings (SSSR count). The summed E-state index contributed by atoms with van der Waals surface area (Å²) in [5, 5.41) is 0. The fourth-order valence-electron chi connectivity index (χ4n) is 3.16. The lowest BCUT2D eigenvalue weighted by molar-refractivity contribution is 0.137. The summed E-state index contributed by atoms with van der Waals surface area (Å²) in [5.41, 5.74) is 1.14. The van der Waals surface area contributed by atoms with Crippen molar-refractivity contribution < 1.29 is 4.74 Å². The van der Waals surface area contributed by atoms with Crippen LogP contribution in [0.1, 0.15) is 32.5 Å². The molecule has 0 bridgehead atoms. The van der Waals surface area contributed by atoms with E-state index in [1.807, 2.05) is 20.0 Å². The highest BCUT2D eigenvalue weighted by Crippen LogP contribution is 2.19. The second-order valence-electron chi connectivity index (χ2n) is 6.18. The lowest BCUT2D eigenvalue weighted by atomic mass is 10.3. The van der Waals surface area contributed by atoms with Crippen LogP contribution >= 0.6 is 0 Å². The van der Waals surface area contributed by atoms with Crippen LogP contribution in [0.25, 0.3) is 16.9 Å². The summed E-state index contributed by atoms with van der Waals surface area (Å²) in [4.78, 5) is 29.9. The molecule has 130 valence electrons. The van der Waals surface area contributed by atoms with Crippen molar-refractivity contribution in [2.24, 2.45) is 7.05 Å². The van der Waals surface area contributed by atoms with E-state index in [4.69, 9.17) is 4.74 Å². The molecular formula is C16H23N5O3. The molecule has 0 N–H and O–H groups in total. The molecule has 24 heavy (non-hydrogen) atoms. The Morgan fingerprint density at radius 1 is 1.29 bits per heavy atom. The molecule has 3 aromatic rings. The molecule has 0 aliphatic carbocycles. The van der Waals surface area contributed by atoms with E-state index in [9.17, 15) is 9.59 Å². The highest BCUT2D eigenvalue weighted by molar-refractivity contribution is 5.75. The maximum absolute atomic E-state index is 12.9. The Kier molecular flexibility index (Phi) is 4.08. The van der Waals surface area contributed by atoms with Crippen molar-refractivity contribution in [1.29, 1.82) is 0 Å².